The highest BCUT2D eigenvalue weighted by Crippen LogP contribution is 2.29. The molecule has 0 unspecified atom stereocenters. The summed E-state index contributed by atoms with van der Waals surface area (Å²) in [7, 11) is 2.20. The standard InChI is InChI=1S/C18H18BN4/c1-12-6-4-7-13(2)17(12)19-15-10-20-16-11-22-9-5-8-14(21(19)3)18(22)23(15)16/h4-10H,11H2,1-3H3/q+1. The summed E-state index contributed by atoms with van der Waals surface area (Å²) in [6.45, 7) is 5.48. The van der Waals surface area contributed by atoms with Crippen LogP contribution in [-0.2, 0) is 6.54 Å². The Labute approximate surface area is 136 Å². The number of rotatable bonds is 1. The van der Waals surface area contributed by atoms with Gasteiger partial charge in [0.2, 0.25) is 5.82 Å². The molecule has 0 saturated heterocycles. The molecule has 2 aromatic heterocycles. The predicted octanol–water partition coefficient (Wildman–Crippen LogP) is 0.694. The SMILES string of the molecule is Cc1cccc(C)c1B1c2cnc3n2-c2c(ccc[n+]2C3)N1C. The van der Waals surface area contributed by atoms with Gasteiger partial charge >= 0.3 is 12.7 Å². The van der Waals surface area contributed by atoms with Gasteiger partial charge in [-0.15, -0.1) is 0 Å². The van der Waals surface area contributed by atoms with Gasteiger partial charge < -0.3 is 4.81 Å². The van der Waals surface area contributed by atoms with E-state index in [0.717, 1.165) is 12.4 Å². The van der Waals surface area contributed by atoms with Crippen LogP contribution >= 0.6 is 0 Å². The molecule has 0 fully saturated rings. The molecule has 0 saturated carbocycles. The van der Waals surface area contributed by atoms with Gasteiger partial charge in [0.1, 0.15) is 11.3 Å². The van der Waals surface area contributed by atoms with E-state index in [2.05, 4.69) is 77.6 Å². The number of pyridine rings is 1. The molecule has 4 heterocycles. The fourth-order valence-corrected chi connectivity index (χ4v) is 4.22. The molecule has 0 atom stereocenters. The van der Waals surface area contributed by atoms with Crippen LogP contribution in [0.2, 0.25) is 0 Å². The Morgan fingerprint density at radius 1 is 1.13 bits per heavy atom. The lowest BCUT2D eigenvalue weighted by atomic mass is 9.48. The van der Waals surface area contributed by atoms with Crippen LogP contribution in [0.25, 0.3) is 5.82 Å². The normalized spacial score (nSPS) is 14.4. The van der Waals surface area contributed by atoms with E-state index < -0.39 is 0 Å². The van der Waals surface area contributed by atoms with Crippen molar-refractivity contribution >= 4 is 23.6 Å². The molecular formula is C18H18BN4+. The summed E-state index contributed by atoms with van der Waals surface area (Å²) in [6, 6.07) is 10.9. The van der Waals surface area contributed by atoms with Crippen molar-refractivity contribution in [1.82, 2.24) is 9.55 Å². The van der Waals surface area contributed by atoms with Crippen molar-refractivity contribution in [3.63, 3.8) is 0 Å². The zero-order valence-corrected chi connectivity index (χ0v) is 13.6. The quantitative estimate of drug-likeness (QED) is 0.382. The van der Waals surface area contributed by atoms with Crippen LogP contribution in [0, 0.1) is 13.8 Å². The van der Waals surface area contributed by atoms with Crippen molar-refractivity contribution in [2.75, 3.05) is 11.9 Å². The Hall–Kier alpha value is -2.56. The molecule has 1 aromatic carbocycles. The third kappa shape index (κ3) is 1.52. The van der Waals surface area contributed by atoms with E-state index in [0.29, 0.717) is 0 Å². The molecule has 0 aliphatic carbocycles. The van der Waals surface area contributed by atoms with Crippen molar-refractivity contribution in [2.45, 2.75) is 20.4 Å². The minimum Gasteiger partial charge on any atom is -0.400 e. The van der Waals surface area contributed by atoms with Gasteiger partial charge in [0.25, 0.3) is 0 Å². The number of imidazole rings is 1. The van der Waals surface area contributed by atoms with Crippen LogP contribution in [0.4, 0.5) is 5.69 Å². The Morgan fingerprint density at radius 3 is 2.70 bits per heavy atom. The number of aryl methyl sites for hydroxylation is 2. The summed E-state index contributed by atoms with van der Waals surface area (Å²) in [5, 5.41) is 0. The van der Waals surface area contributed by atoms with Crippen LogP contribution in [-0.4, -0.2) is 23.4 Å². The fourth-order valence-electron chi connectivity index (χ4n) is 4.22. The second kappa shape index (κ2) is 4.25. The van der Waals surface area contributed by atoms with Crippen molar-refractivity contribution in [3.8, 4) is 5.82 Å². The number of aromatic nitrogens is 3. The number of benzene rings is 1. The highest BCUT2D eigenvalue weighted by Gasteiger charge is 2.46. The summed E-state index contributed by atoms with van der Waals surface area (Å²) < 4.78 is 4.64. The van der Waals surface area contributed by atoms with E-state index in [-0.39, 0.29) is 6.85 Å². The van der Waals surface area contributed by atoms with E-state index in [9.17, 15) is 0 Å². The van der Waals surface area contributed by atoms with E-state index >= 15 is 0 Å². The molecule has 0 amide bonds. The van der Waals surface area contributed by atoms with Crippen LogP contribution < -0.4 is 20.4 Å². The highest BCUT2D eigenvalue weighted by atomic mass is 15.3. The van der Waals surface area contributed by atoms with Crippen molar-refractivity contribution in [2.24, 2.45) is 0 Å². The molecule has 3 aromatic rings. The smallest absolute Gasteiger partial charge is 0.374 e. The second-order valence-electron chi connectivity index (χ2n) is 6.60. The largest absolute Gasteiger partial charge is 0.400 e. The third-order valence-corrected chi connectivity index (χ3v) is 5.27. The van der Waals surface area contributed by atoms with Crippen molar-refractivity contribution in [1.29, 1.82) is 0 Å². The average Bonchev–Trinajstić information content (AvgIpc) is 3.09. The Bertz CT molecular complexity index is 939. The number of anilines is 1. The first-order valence-electron chi connectivity index (χ1n) is 8.05. The average molecular weight is 301 g/mol. The van der Waals surface area contributed by atoms with Crippen LogP contribution in [0.15, 0.2) is 42.7 Å². The first-order valence-corrected chi connectivity index (χ1v) is 8.05. The van der Waals surface area contributed by atoms with Gasteiger partial charge in [-0.3, -0.25) is 0 Å². The van der Waals surface area contributed by atoms with Crippen LogP contribution in [0.5, 0.6) is 0 Å². The topological polar surface area (TPSA) is 24.9 Å². The van der Waals surface area contributed by atoms with Gasteiger partial charge in [-0.25, -0.2) is 9.55 Å². The minimum atomic E-state index is 0.207. The molecule has 0 spiro atoms. The fraction of sp³-hybridized carbons (Fsp3) is 0.222. The number of hydrogen-bond donors (Lipinski definition) is 0. The van der Waals surface area contributed by atoms with E-state index in [4.69, 9.17) is 4.98 Å². The van der Waals surface area contributed by atoms with Gasteiger partial charge in [0, 0.05) is 0 Å². The summed E-state index contributed by atoms with van der Waals surface area (Å²) >= 11 is 0. The van der Waals surface area contributed by atoms with Gasteiger partial charge in [0.15, 0.2) is 6.54 Å². The number of nitrogens with zero attached hydrogens (tertiary/aromatic N) is 4. The van der Waals surface area contributed by atoms with E-state index in [1.807, 2.05) is 0 Å². The molecule has 2 aliphatic rings. The molecule has 2 aliphatic heterocycles. The Morgan fingerprint density at radius 2 is 1.91 bits per heavy atom. The third-order valence-electron chi connectivity index (χ3n) is 5.27. The molecule has 0 radical (unpaired) electrons. The van der Waals surface area contributed by atoms with Crippen LogP contribution in [0.3, 0.4) is 0 Å². The molecule has 112 valence electrons. The molecule has 23 heavy (non-hydrogen) atoms. The van der Waals surface area contributed by atoms with Gasteiger partial charge in [-0.05, 0) is 38.5 Å². The maximum Gasteiger partial charge on any atom is 0.374 e. The summed E-state index contributed by atoms with van der Waals surface area (Å²) in [6.07, 6.45) is 4.20. The zero-order valence-electron chi connectivity index (χ0n) is 13.6. The zero-order chi connectivity index (χ0) is 15.7. The van der Waals surface area contributed by atoms with Gasteiger partial charge in [0.05, 0.1) is 12.4 Å². The molecule has 0 bridgehead atoms. The highest BCUT2D eigenvalue weighted by molar-refractivity contribution is 6.88. The molecule has 5 rings (SSSR count). The van der Waals surface area contributed by atoms with Gasteiger partial charge in [-0.1, -0.05) is 29.3 Å². The Balaban J connectivity index is 1.84. The molecular weight excluding hydrogens is 283 g/mol. The lowest BCUT2D eigenvalue weighted by molar-refractivity contribution is -0.674. The van der Waals surface area contributed by atoms with E-state index in [1.54, 1.807) is 0 Å². The maximum atomic E-state index is 4.70. The minimum absolute atomic E-state index is 0.207. The van der Waals surface area contributed by atoms with Crippen molar-refractivity contribution in [3.05, 3.63) is 59.7 Å². The Kier molecular flexibility index (Phi) is 2.39. The van der Waals surface area contributed by atoms with E-state index in [1.165, 1.54) is 33.7 Å². The lowest BCUT2D eigenvalue weighted by Gasteiger charge is -2.31. The van der Waals surface area contributed by atoms with Crippen LogP contribution in [0.1, 0.15) is 17.0 Å². The lowest BCUT2D eigenvalue weighted by Crippen LogP contribution is -2.62. The summed E-state index contributed by atoms with van der Waals surface area (Å²) in [5.74, 6) is 2.39. The molecule has 0 N–H and O–H groups in total. The molecule has 5 heteroatoms. The summed E-state index contributed by atoms with van der Waals surface area (Å²) in [5.41, 5.74) is 6.60. The van der Waals surface area contributed by atoms with Crippen molar-refractivity contribution < 1.29 is 4.57 Å². The predicted molar refractivity (Wildman–Crippen MR) is 92.2 cm³/mol. The first-order chi connectivity index (χ1) is 11.2. The first kappa shape index (κ1) is 12.9. The second-order valence-corrected chi connectivity index (χ2v) is 6.60. The molecule has 4 nitrogen and oxygen atoms in total. The monoisotopic (exact) mass is 301 g/mol. The maximum absolute atomic E-state index is 4.70. The summed E-state index contributed by atoms with van der Waals surface area (Å²) in [4.78, 5) is 7.10. The van der Waals surface area contributed by atoms with Gasteiger partial charge in [-0.2, -0.15) is 4.57 Å². The number of hydrogen-bond acceptors (Lipinski definition) is 2.